The van der Waals surface area contributed by atoms with Gasteiger partial charge in [0, 0.05) is 12.1 Å². The Balaban J connectivity index is 4.13. The average Bonchev–Trinajstić information content (AvgIpc) is 2.26. The Morgan fingerprint density at radius 1 is 1.16 bits per heavy atom. The van der Waals surface area contributed by atoms with Gasteiger partial charge in [-0.1, -0.05) is 13.3 Å². The molecular weight excluding hydrogens is 244 g/mol. The van der Waals surface area contributed by atoms with Gasteiger partial charge in [-0.2, -0.15) is 0 Å². The van der Waals surface area contributed by atoms with Gasteiger partial charge in [-0.25, -0.2) is 0 Å². The summed E-state index contributed by atoms with van der Waals surface area (Å²) in [6.45, 7) is 11.7. The third-order valence-corrected chi connectivity index (χ3v) is 2.49. The minimum atomic E-state index is -0.566. The minimum absolute atomic E-state index is 0.193. The van der Waals surface area contributed by atoms with E-state index in [1.807, 2.05) is 20.8 Å². The number of carbonyl (C=O) groups is 2. The summed E-state index contributed by atoms with van der Waals surface area (Å²) in [6, 6.07) is -0.566. The average molecular weight is 272 g/mol. The van der Waals surface area contributed by atoms with Crippen LogP contribution in [-0.4, -0.2) is 36.1 Å². The van der Waals surface area contributed by atoms with Gasteiger partial charge in [0.25, 0.3) is 0 Å². The van der Waals surface area contributed by atoms with Gasteiger partial charge in [0.15, 0.2) is 0 Å². The Morgan fingerprint density at radius 3 is 2.21 bits per heavy atom. The summed E-state index contributed by atoms with van der Waals surface area (Å²) in [7, 11) is 0. The molecule has 0 saturated carbocycles. The molecule has 0 aliphatic rings. The van der Waals surface area contributed by atoms with Crippen LogP contribution in [-0.2, 0) is 14.3 Å². The second kappa shape index (κ2) is 8.15. The van der Waals surface area contributed by atoms with Gasteiger partial charge in [-0.3, -0.25) is 9.59 Å². The summed E-state index contributed by atoms with van der Waals surface area (Å²) < 4.78 is 5.38. The van der Waals surface area contributed by atoms with E-state index in [0.717, 1.165) is 12.8 Å². The Bertz CT molecular complexity index is 298. The standard InChI is InChI=1S/C14H28N2O3/c1-7-8-9-19-11(3)13(18)15-10(2)12(17)16-14(4,5)6/h10-11H,7-9H2,1-6H3,(H,15,18)(H,16,17). The number of hydrogen-bond donors (Lipinski definition) is 2. The first-order valence-electron chi connectivity index (χ1n) is 6.91. The van der Waals surface area contributed by atoms with Crippen molar-refractivity contribution in [1.29, 1.82) is 0 Å². The molecule has 0 radical (unpaired) electrons. The molecule has 0 fully saturated rings. The van der Waals surface area contributed by atoms with E-state index in [1.54, 1.807) is 13.8 Å². The van der Waals surface area contributed by atoms with Crippen molar-refractivity contribution in [3.8, 4) is 0 Å². The molecule has 0 heterocycles. The van der Waals surface area contributed by atoms with E-state index in [1.165, 1.54) is 0 Å². The number of ether oxygens (including phenoxy) is 1. The molecule has 2 unspecified atom stereocenters. The van der Waals surface area contributed by atoms with Gasteiger partial charge < -0.3 is 15.4 Å². The van der Waals surface area contributed by atoms with Crippen molar-refractivity contribution < 1.29 is 14.3 Å². The van der Waals surface area contributed by atoms with E-state index in [-0.39, 0.29) is 17.4 Å². The quantitative estimate of drug-likeness (QED) is 0.692. The van der Waals surface area contributed by atoms with E-state index in [0.29, 0.717) is 6.61 Å². The lowest BCUT2D eigenvalue weighted by Crippen LogP contribution is -2.52. The van der Waals surface area contributed by atoms with Crippen LogP contribution in [0.2, 0.25) is 0 Å². The molecule has 0 aromatic carbocycles. The molecule has 0 rings (SSSR count). The van der Waals surface area contributed by atoms with Crippen LogP contribution in [0.4, 0.5) is 0 Å². The van der Waals surface area contributed by atoms with E-state index >= 15 is 0 Å². The first-order valence-corrected chi connectivity index (χ1v) is 6.91. The number of rotatable bonds is 7. The zero-order chi connectivity index (χ0) is 15.1. The third kappa shape index (κ3) is 8.59. The number of hydrogen-bond acceptors (Lipinski definition) is 3. The maximum absolute atomic E-state index is 11.8. The summed E-state index contributed by atoms with van der Waals surface area (Å²) >= 11 is 0. The van der Waals surface area contributed by atoms with Crippen molar-refractivity contribution in [2.24, 2.45) is 0 Å². The number of carbonyl (C=O) groups excluding carboxylic acids is 2. The van der Waals surface area contributed by atoms with Gasteiger partial charge in [0.1, 0.15) is 12.1 Å². The third-order valence-electron chi connectivity index (χ3n) is 2.49. The highest BCUT2D eigenvalue weighted by Crippen LogP contribution is 2.00. The fourth-order valence-corrected chi connectivity index (χ4v) is 1.35. The van der Waals surface area contributed by atoms with Gasteiger partial charge in [-0.05, 0) is 41.0 Å². The second-order valence-electron chi connectivity index (χ2n) is 5.84. The number of unbranched alkanes of at least 4 members (excludes halogenated alkanes) is 1. The molecule has 0 spiro atoms. The molecule has 2 amide bonds. The highest BCUT2D eigenvalue weighted by atomic mass is 16.5. The molecule has 112 valence electrons. The van der Waals surface area contributed by atoms with Crippen LogP contribution in [0.25, 0.3) is 0 Å². The topological polar surface area (TPSA) is 67.4 Å². The molecule has 2 N–H and O–H groups in total. The Hall–Kier alpha value is -1.10. The molecular formula is C14H28N2O3. The molecule has 0 aliphatic carbocycles. The van der Waals surface area contributed by atoms with Crippen LogP contribution >= 0.6 is 0 Å². The lowest BCUT2D eigenvalue weighted by Gasteiger charge is -2.24. The van der Waals surface area contributed by atoms with Crippen LogP contribution in [0.3, 0.4) is 0 Å². The molecule has 5 heteroatoms. The van der Waals surface area contributed by atoms with Crippen molar-refractivity contribution in [3.63, 3.8) is 0 Å². The predicted molar refractivity (Wildman–Crippen MR) is 75.8 cm³/mol. The lowest BCUT2D eigenvalue weighted by molar-refractivity contribution is -0.136. The van der Waals surface area contributed by atoms with E-state index in [2.05, 4.69) is 17.6 Å². The largest absolute Gasteiger partial charge is 0.369 e. The summed E-state index contributed by atoms with van der Waals surface area (Å²) in [6.07, 6.45) is 1.42. The molecule has 0 aliphatic heterocycles. The smallest absolute Gasteiger partial charge is 0.249 e. The highest BCUT2D eigenvalue weighted by Gasteiger charge is 2.22. The molecule has 0 aromatic heterocycles. The monoisotopic (exact) mass is 272 g/mol. The summed E-state index contributed by atoms with van der Waals surface area (Å²) in [4.78, 5) is 23.6. The molecule has 0 saturated heterocycles. The van der Waals surface area contributed by atoms with E-state index in [9.17, 15) is 9.59 Å². The Kier molecular flexibility index (Phi) is 7.68. The van der Waals surface area contributed by atoms with Gasteiger partial charge in [-0.15, -0.1) is 0 Å². The summed E-state index contributed by atoms with van der Waals surface area (Å²) in [5.74, 6) is -0.450. The molecule has 0 aromatic rings. The first kappa shape index (κ1) is 17.9. The zero-order valence-electron chi connectivity index (χ0n) is 13.0. The van der Waals surface area contributed by atoms with Crippen molar-refractivity contribution in [3.05, 3.63) is 0 Å². The molecule has 0 bridgehead atoms. The summed E-state index contributed by atoms with van der Waals surface area (Å²) in [5, 5.41) is 5.47. The molecule has 19 heavy (non-hydrogen) atoms. The van der Waals surface area contributed by atoms with Crippen molar-refractivity contribution in [1.82, 2.24) is 10.6 Å². The maximum Gasteiger partial charge on any atom is 0.249 e. The maximum atomic E-state index is 11.8. The lowest BCUT2D eigenvalue weighted by atomic mass is 10.1. The van der Waals surface area contributed by atoms with E-state index in [4.69, 9.17) is 4.74 Å². The fourth-order valence-electron chi connectivity index (χ4n) is 1.35. The zero-order valence-corrected chi connectivity index (χ0v) is 13.0. The SMILES string of the molecule is CCCCOC(C)C(=O)NC(C)C(=O)NC(C)(C)C. The summed E-state index contributed by atoms with van der Waals surface area (Å²) in [5.41, 5.74) is -0.306. The number of nitrogens with one attached hydrogen (secondary N) is 2. The number of amides is 2. The van der Waals surface area contributed by atoms with Crippen LogP contribution in [0, 0.1) is 0 Å². The van der Waals surface area contributed by atoms with Crippen LogP contribution < -0.4 is 10.6 Å². The van der Waals surface area contributed by atoms with Crippen LogP contribution in [0.15, 0.2) is 0 Å². The first-order chi connectivity index (χ1) is 8.67. The molecule has 5 nitrogen and oxygen atoms in total. The van der Waals surface area contributed by atoms with Gasteiger partial charge in [0.2, 0.25) is 11.8 Å². The van der Waals surface area contributed by atoms with Crippen molar-refractivity contribution in [2.45, 2.75) is 72.1 Å². The van der Waals surface area contributed by atoms with E-state index < -0.39 is 12.1 Å². The van der Waals surface area contributed by atoms with Gasteiger partial charge >= 0.3 is 0 Å². The second-order valence-corrected chi connectivity index (χ2v) is 5.84. The van der Waals surface area contributed by atoms with Crippen molar-refractivity contribution in [2.75, 3.05) is 6.61 Å². The Morgan fingerprint density at radius 2 is 1.74 bits per heavy atom. The fraction of sp³-hybridized carbons (Fsp3) is 0.857. The van der Waals surface area contributed by atoms with Crippen LogP contribution in [0.5, 0.6) is 0 Å². The normalized spacial score (nSPS) is 14.6. The highest BCUT2D eigenvalue weighted by molar-refractivity contribution is 5.89. The minimum Gasteiger partial charge on any atom is -0.369 e. The predicted octanol–water partition coefficient (Wildman–Crippen LogP) is 1.61. The van der Waals surface area contributed by atoms with Crippen molar-refractivity contribution >= 4 is 11.8 Å². The Labute approximate surface area is 116 Å². The molecule has 2 atom stereocenters. The van der Waals surface area contributed by atoms with Gasteiger partial charge in [0.05, 0.1) is 0 Å². The van der Waals surface area contributed by atoms with Crippen LogP contribution in [0.1, 0.15) is 54.4 Å².